The number of hydrogen-bond acceptors (Lipinski definition) is 6. The van der Waals surface area contributed by atoms with E-state index < -0.39 is 9.84 Å². The van der Waals surface area contributed by atoms with Crippen molar-refractivity contribution in [1.29, 1.82) is 0 Å². The van der Waals surface area contributed by atoms with Crippen molar-refractivity contribution >= 4 is 39.5 Å². The van der Waals surface area contributed by atoms with Gasteiger partial charge in [-0.2, -0.15) is 0 Å². The molecule has 3 aliphatic rings. The number of fused-ring (bicyclic) bond motifs is 2. The average Bonchev–Trinajstić information content (AvgIpc) is 3.01. The molecule has 2 saturated heterocycles. The summed E-state index contributed by atoms with van der Waals surface area (Å²) in [7, 11) is -2.97. The topological polar surface area (TPSA) is 75.7 Å². The molecule has 0 atom stereocenters. The Morgan fingerprint density at radius 1 is 1.24 bits per heavy atom. The number of sulfone groups is 1. The normalized spacial score (nSPS) is 24.4. The number of nitrogens with zero attached hydrogens (tertiary/aromatic N) is 1. The molecule has 4 heterocycles. The van der Waals surface area contributed by atoms with Gasteiger partial charge in [-0.25, -0.2) is 8.42 Å². The third-order valence-electron chi connectivity index (χ3n) is 5.23. The predicted molar refractivity (Wildman–Crippen MR) is 99.6 cm³/mol. The van der Waals surface area contributed by atoms with Crippen molar-refractivity contribution < 1.29 is 17.9 Å². The van der Waals surface area contributed by atoms with Crippen LogP contribution in [0.5, 0.6) is 0 Å². The van der Waals surface area contributed by atoms with Crippen molar-refractivity contribution in [3.8, 4) is 0 Å². The quantitative estimate of drug-likeness (QED) is 0.758. The molecule has 0 saturated carbocycles. The largest absolute Gasteiger partial charge is 0.369 e. The summed E-state index contributed by atoms with van der Waals surface area (Å²) in [6, 6.07) is 2.01. The Hall–Kier alpha value is -0.670. The van der Waals surface area contributed by atoms with E-state index in [1.54, 1.807) is 16.2 Å². The Labute approximate surface area is 158 Å². The molecule has 0 aliphatic carbocycles. The number of carbonyl (C=O) groups excluding carboxylic acids is 1. The molecule has 0 unspecified atom stereocenters. The average molecular weight is 407 g/mol. The molecular weight excluding hydrogens is 384 g/mol. The predicted octanol–water partition coefficient (Wildman–Crippen LogP) is 1.19. The van der Waals surface area contributed by atoms with Gasteiger partial charge in [-0.3, -0.25) is 4.79 Å². The maximum absolute atomic E-state index is 12.8. The number of hydrogen-bond donors (Lipinski definition) is 1. The molecule has 6 nitrogen and oxygen atoms in total. The van der Waals surface area contributed by atoms with Crippen LogP contribution in [0.25, 0.3) is 0 Å². The first-order valence-electron chi connectivity index (χ1n) is 8.47. The Kier molecular flexibility index (Phi) is 5.46. The maximum Gasteiger partial charge on any atom is 0.264 e. The second kappa shape index (κ2) is 7.15. The second-order valence-corrected chi connectivity index (χ2v) is 10.1. The Morgan fingerprint density at radius 2 is 1.92 bits per heavy atom. The molecule has 2 fully saturated rings. The Morgan fingerprint density at radius 3 is 2.60 bits per heavy atom. The summed E-state index contributed by atoms with van der Waals surface area (Å²) in [5, 5.41) is 3.37. The molecular formula is C16H23ClN2O4S2. The molecule has 140 valence electrons. The number of carbonyl (C=O) groups is 1. The van der Waals surface area contributed by atoms with Crippen molar-refractivity contribution in [2.24, 2.45) is 0 Å². The summed E-state index contributed by atoms with van der Waals surface area (Å²) < 4.78 is 29.3. The lowest BCUT2D eigenvalue weighted by Crippen LogP contribution is -2.44. The highest BCUT2D eigenvalue weighted by Crippen LogP contribution is 2.44. The maximum atomic E-state index is 12.8. The zero-order valence-corrected chi connectivity index (χ0v) is 16.4. The van der Waals surface area contributed by atoms with Gasteiger partial charge in [0.25, 0.3) is 5.91 Å². The molecule has 1 amide bonds. The van der Waals surface area contributed by atoms with E-state index in [0.29, 0.717) is 19.7 Å². The van der Waals surface area contributed by atoms with Crippen LogP contribution in [-0.2, 0) is 26.6 Å². The van der Waals surface area contributed by atoms with Crippen molar-refractivity contribution in [1.82, 2.24) is 10.2 Å². The van der Waals surface area contributed by atoms with Gasteiger partial charge in [-0.05, 0) is 44.0 Å². The fourth-order valence-corrected chi connectivity index (χ4v) is 6.38. The van der Waals surface area contributed by atoms with Gasteiger partial charge in [0.15, 0.2) is 9.84 Å². The van der Waals surface area contributed by atoms with Crippen LogP contribution in [0, 0.1) is 0 Å². The van der Waals surface area contributed by atoms with Gasteiger partial charge in [0.05, 0.1) is 23.0 Å². The number of halogens is 1. The molecule has 4 rings (SSSR count). The van der Waals surface area contributed by atoms with Crippen molar-refractivity contribution in [3.63, 3.8) is 0 Å². The van der Waals surface area contributed by atoms with Crippen LogP contribution in [0.3, 0.4) is 0 Å². The number of ether oxygens (including phenoxy) is 1. The van der Waals surface area contributed by atoms with E-state index in [2.05, 4.69) is 5.32 Å². The first kappa shape index (κ1) is 19.1. The summed E-state index contributed by atoms with van der Waals surface area (Å²) in [5.41, 5.74) is 1.01. The van der Waals surface area contributed by atoms with Gasteiger partial charge in [0.1, 0.15) is 5.60 Å². The summed E-state index contributed by atoms with van der Waals surface area (Å²) >= 11 is 1.55. The highest BCUT2D eigenvalue weighted by molar-refractivity contribution is 7.91. The minimum absolute atomic E-state index is 0. The monoisotopic (exact) mass is 406 g/mol. The van der Waals surface area contributed by atoms with E-state index >= 15 is 0 Å². The molecule has 1 spiro atoms. The fraction of sp³-hybridized carbons (Fsp3) is 0.688. The molecule has 1 N–H and O–H groups in total. The van der Waals surface area contributed by atoms with E-state index in [-0.39, 0.29) is 35.4 Å². The van der Waals surface area contributed by atoms with Crippen LogP contribution in [0.1, 0.15) is 33.0 Å². The standard InChI is InChI=1S/C16H22N2O4S2.ClH/c19-15(18-6-9-24(20,21)10-7-18)13-11-12-1-8-22-16(14(12)23-13)2-4-17-5-3-16;/h11,17H,1-10H2;1H. The van der Waals surface area contributed by atoms with Crippen LogP contribution < -0.4 is 5.32 Å². The van der Waals surface area contributed by atoms with Gasteiger partial charge in [0, 0.05) is 18.0 Å². The zero-order valence-electron chi connectivity index (χ0n) is 14.0. The van der Waals surface area contributed by atoms with Gasteiger partial charge in [-0.15, -0.1) is 23.7 Å². The highest BCUT2D eigenvalue weighted by Gasteiger charge is 2.41. The van der Waals surface area contributed by atoms with Gasteiger partial charge >= 0.3 is 0 Å². The summed E-state index contributed by atoms with van der Waals surface area (Å²) in [5.74, 6) is 0.110. The first-order chi connectivity index (χ1) is 11.5. The fourth-order valence-electron chi connectivity index (χ4n) is 3.80. The Balaban J connectivity index is 0.00000182. The van der Waals surface area contributed by atoms with E-state index in [4.69, 9.17) is 4.74 Å². The minimum atomic E-state index is -2.97. The van der Waals surface area contributed by atoms with Crippen LogP contribution in [0.15, 0.2) is 6.07 Å². The van der Waals surface area contributed by atoms with Crippen molar-refractivity contribution in [2.45, 2.75) is 24.9 Å². The molecule has 0 aromatic carbocycles. The number of piperidine rings is 1. The number of thiophene rings is 1. The summed E-state index contributed by atoms with van der Waals surface area (Å²) in [6.45, 7) is 3.18. The van der Waals surface area contributed by atoms with Gasteiger partial charge in [-0.1, -0.05) is 0 Å². The number of nitrogens with one attached hydrogen (secondary N) is 1. The number of amides is 1. The first-order valence-corrected chi connectivity index (χ1v) is 11.1. The molecule has 0 radical (unpaired) electrons. The van der Waals surface area contributed by atoms with E-state index in [1.165, 1.54) is 10.4 Å². The van der Waals surface area contributed by atoms with Gasteiger partial charge < -0.3 is 15.0 Å². The van der Waals surface area contributed by atoms with E-state index in [0.717, 1.165) is 37.2 Å². The Bertz CT molecular complexity index is 742. The van der Waals surface area contributed by atoms with Crippen LogP contribution in [-0.4, -0.2) is 63.5 Å². The van der Waals surface area contributed by atoms with E-state index in [9.17, 15) is 13.2 Å². The molecule has 1 aromatic heterocycles. The lowest BCUT2D eigenvalue weighted by atomic mass is 9.86. The summed E-state index contributed by atoms with van der Waals surface area (Å²) in [6.07, 6.45) is 2.73. The van der Waals surface area contributed by atoms with Crippen molar-refractivity contribution in [3.05, 3.63) is 21.4 Å². The number of rotatable bonds is 1. The molecule has 25 heavy (non-hydrogen) atoms. The third-order valence-corrected chi connectivity index (χ3v) is 8.19. The SMILES string of the molecule is Cl.O=C(c1cc2c(s1)C1(CCNCC1)OCC2)N1CCS(=O)(=O)CC1. The van der Waals surface area contributed by atoms with Gasteiger partial charge in [0.2, 0.25) is 0 Å². The zero-order chi connectivity index (χ0) is 16.8. The second-order valence-electron chi connectivity index (χ2n) is 6.75. The molecule has 3 aliphatic heterocycles. The van der Waals surface area contributed by atoms with Crippen molar-refractivity contribution in [2.75, 3.05) is 44.3 Å². The molecule has 1 aromatic rings. The van der Waals surface area contributed by atoms with E-state index in [1.807, 2.05) is 6.07 Å². The third kappa shape index (κ3) is 3.60. The summed E-state index contributed by atoms with van der Waals surface area (Å²) in [4.78, 5) is 16.4. The molecule has 0 bridgehead atoms. The van der Waals surface area contributed by atoms with Crippen LogP contribution in [0.4, 0.5) is 0 Å². The minimum Gasteiger partial charge on any atom is -0.369 e. The van der Waals surface area contributed by atoms with Crippen LogP contribution >= 0.6 is 23.7 Å². The van der Waals surface area contributed by atoms with Crippen LogP contribution in [0.2, 0.25) is 0 Å². The smallest absolute Gasteiger partial charge is 0.264 e. The molecule has 9 heteroatoms. The lowest BCUT2D eigenvalue weighted by Gasteiger charge is -2.40. The highest BCUT2D eigenvalue weighted by atomic mass is 35.5. The lowest BCUT2D eigenvalue weighted by molar-refractivity contribution is -0.0771.